The molecule has 0 amide bonds. The molecule has 30 heavy (non-hydrogen) atoms. The minimum absolute atomic E-state index is 0.0624. The number of rotatable bonds is 8. The molecule has 1 aromatic carbocycles. The first kappa shape index (κ1) is 23.8. The summed E-state index contributed by atoms with van der Waals surface area (Å²) in [5.41, 5.74) is -0.121. The number of methoxy groups -OCH3 is 2. The van der Waals surface area contributed by atoms with E-state index in [1.807, 2.05) is 25.1 Å². The molecule has 1 heterocycles. The van der Waals surface area contributed by atoms with Gasteiger partial charge in [0, 0.05) is 23.9 Å². The van der Waals surface area contributed by atoms with Gasteiger partial charge >= 0.3 is 6.18 Å². The van der Waals surface area contributed by atoms with Gasteiger partial charge in [-0.15, -0.1) is 11.3 Å². The predicted octanol–water partition coefficient (Wildman–Crippen LogP) is 4.21. The molecule has 0 aliphatic heterocycles. The van der Waals surface area contributed by atoms with Gasteiger partial charge in [0.25, 0.3) is 0 Å². The standard InChI is InChI=1S/C20H27F3N4O2S/c1-6-24-18(25-10-17-27-16(11-30-17)20(21,22)23)26-12-19(2,3)13-7-8-14(28-4)15(9-13)29-5/h7-9,11H,6,10,12H2,1-5H3,(H2,24,25,26). The molecule has 2 rings (SSSR count). The van der Waals surface area contributed by atoms with Crippen molar-refractivity contribution in [2.75, 3.05) is 27.3 Å². The molecular formula is C20H27F3N4O2S. The van der Waals surface area contributed by atoms with Crippen molar-refractivity contribution in [1.82, 2.24) is 15.6 Å². The molecule has 2 aromatic rings. The van der Waals surface area contributed by atoms with Crippen molar-refractivity contribution in [3.05, 3.63) is 39.8 Å². The van der Waals surface area contributed by atoms with Crippen LogP contribution in [-0.2, 0) is 18.1 Å². The second-order valence-electron chi connectivity index (χ2n) is 7.13. The van der Waals surface area contributed by atoms with Crippen LogP contribution in [-0.4, -0.2) is 38.3 Å². The van der Waals surface area contributed by atoms with Crippen molar-refractivity contribution in [3.63, 3.8) is 0 Å². The Morgan fingerprint density at radius 1 is 1.13 bits per heavy atom. The van der Waals surface area contributed by atoms with E-state index in [-0.39, 0.29) is 12.0 Å². The summed E-state index contributed by atoms with van der Waals surface area (Å²) in [5.74, 6) is 1.81. The first-order chi connectivity index (χ1) is 14.1. The van der Waals surface area contributed by atoms with Crippen LogP contribution in [0.15, 0.2) is 28.6 Å². The lowest BCUT2D eigenvalue weighted by Gasteiger charge is -2.27. The SMILES string of the molecule is CCNC(=NCc1nc(C(F)(F)F)cs1)NCC(C)(C)c1ccc(OC)c(OC)c1. The molecule has 0 radical (unpaired) electrons. The Kier molecular flexibility index (Phi) is 7.94. The minimum atomic E-state index is -4.44. The van der Waals surface area contributed by atoms with Gasteiger partial charge in [-0.2, -0.15) is 13.2 Å². The topological polar surface area (TPSA) is 67.8 Å². The average Bonchev–Trinajstić information content (AvgIpc) is 3.19. The number of hydrogen-bond acceptors (Lipinski definition) is 5. The fraction of sp³-hybridized carbons (Fsp3) is 0.500. The number of aliphatic imine (C=N–C) groups is 1. The van der Waals surface area contributed by atoms with Crippen LogP contribution < -0.4 is 20.1 Å². The van der Waals surface area contributed by atoms with Gasteiger partial charge in [-0.25, -0.2) is 9.98 Å². The number of benzene rings is 1. The summed E-state index contributed by atoms with van der Waals surface area (Å²) in [6, 6.07) is 5.76. The fourth-order valence-corrected chi connectivity index (χ4v) is 3.39. The van der Waals surface area contributed by atoms with Crippen LogP contribution in [0.3, 0.4) is 0 Å². The molecule has 166 valence electrons. The van der Waals surface area contributed by atoms with Crippen LogP contribution >= 0.6 is 11.3 Å². The summed E-state index contributed by atoms with van der Waals surface area (Å²) in [6.07, 6.45) is -4.44. The van der Waals surface area contributed by atoms with Crippen LogP contribution in [0, 0.1) is 0 Å². The molecule has 0 fully saturated rings. The molecule has 0 spiro atoms. The molecule has 10 heteroatoms. The van der Waals surface area contributed by atoms with Gasteiger partial charge in [0.2, 0.25) is 0 Å². The maximum Gasteiger partial charge on any atom is 0.434 e. The number of aromatic nitrogens is 1. The number of hydrogen-bond donors (Lipinski definition) is 2. The summed E-state index contributed by atoms with van der Waals surface area (Å²) in [6.45, 7) is 7.28. The van der Waals surface area contributed by atoms with E-state index in [1.165, 1.54) is 0 Å². The highest BCUT2D eigenvalue weighted by Crippen LogP contribution is 2.33. The van der Waals surface area contributed by atoms with Gasteiger partial charge < -0.3 is 20.1 Å². The molecular weight excluding hydrogens is 417 g/mol. The zero-order valence-electron chi connectivity index (χ0n) is 17.7. The Balaban J connectivity index is 2.09. The quantitative estimate of drug-likeness (QED) is 0.472. The number of ether oxygens (including phenoxy) is 2. The highest BCUT2D eigenvalue weighted by Gasteiger charge is 2.33. The third kappa shape index (κ3) is 6.25. The summed E-state index contributed by atoms with van der Waals surface area (Å²) in [7, 11) is 3.18. The van der Waals surface area contributed by atoms with Gasteiger partial charge in [0.1, 0.15) is 5.01 Å². The normalized spacial score (nSPS) is 12.6. The Morgan fingerprint density at radius 2 is 1.83 bits per heavy atom. The van der Waals surface area contributed by atoms with Gasteiger partial charge in [-0.3, -0.25) is 0 Å². The number of alkyl halides is 3. The molecule has 6 nitrogen and oxygen atoms in total. The Labute approximate surface area is 178 Å². The second kappa shape index (κ2) is 10.0. The predicted molar refractivity (Wildman–Crippen MR) is 113 cm³/mol. The number of thiazole rings is 1. The van der Waals surface area contributed by atoms with E-state index in [1.54, 1.807) is 14.2 Å². The van der Waals surface area contributed by atoms with Crippen LogP contribution in [0.25, 0.3) is 0 Å². The van der Waals surface area contributed by atoms with Crippen LogP contribution in [0.2, 0.25) is 0 Å². The van der Waals surface area contributed by atoms with E-state index in [2.05, 4.69) is 34.5 Å². The van der Waals surface area contributed by atoms with Crippen molar-refractivity contribution in [2.45, 2.75) is 38.9 Å². The smallest absolute Gasteiger partial charge is 0.434 e. The maximum absolute atomic E-state index is 12.7. The Hall–Kier alpha value is -2.49. The van der Waals surface area contributed by atoms with Crippen molar-refractivity contribution in [2.24, 2.45) is 4.99 Å². The molecule has 1 aromatic heterocycles. The van der Waals surface area contributed by atoms with Crippen LogP contribution in [0.1, 0.15) is 37.0 Å². The van der Waals surface area contributed by atoms with Gasteiger partial charge in [0.05, 0.1) is 20.8 Å². The van der Waals surface area contributed by atoms with Crippen LogP contribution in [0.4, 0.5) is 13.2 Å². The number of halogens is 3. The molecule has 0 saturated carbocycles. The minimum Gasteiger partial charge on any atom is -0.493 e. The van der Waals surface area contributed by atoms with E-state index in [4.69, 9.17) is 9.47 Å². The Bertz CT molecular complexity index is 866. The summed E-state index contributed by atoms with van der Waals surface area (Å²) in [4.78, 5) is 7.98. The van der Waals surface area contributed by atoms with Crippen LogP contribution in [0.5, 0.6) is 11.5 Å². The molecule has 2 N–H and O–H groups in total. The van der Waals surface area contributed by atoms with Gasteiger partial charge in [-0.1, -0.05) is 19.9 Å². The van der Waals surface area contributed by atoms with E-state index in [9.17, 15) is 13.2 Å². The number of guanidine groups is 1. The summed E-state index contributed by atoms with van der Waals surface area (Å²) in [5, 5.41) is 7.67. The number of nitrogens with one attached hydrogen (secondary N) is 2. The van der Waals surface area contributed by atoms with Crippen molar-refractivity contribution in [3.8, 4) is 11.5 Å². The lowest BCUT2D eigenvalue weighted by molar-refractivity contribution is -0.140. The van der Waals surface area contributed by atoms with E-state index in [0.717, 1.165) is 22.3 Å². The average molecular weight is 445 g/mol. The zero-order chi connectivity index (χ0) is 22.4. The van der Waals surface area contributed by atoms with E-state index >= 15 is 0 Å². The molecule has 0 aliphatic carbocycles. The first-order valence-corrected chi connectivity index (χ1v) is 10.2. The van der Waals surface area contributed by atoms with Crippen molar-refractivity contribution < 1.29 is 22.6 Å². The largest absolute Gasteiger partial charge is 0.493 e. The molecule has 0 bridgehead atoms. The van der Waals surface area contributed by atoms with Crippen molar-refractivity contribution in [1.29, 1.82) is 0 Å². The summed E-state index contributed by atoms with van der Waals surface area (Å²) >= 11 is 0.945. The summed E-state index contributed by atoms with van der Waals surface area (Å²) < 4.78 is 48.8. The third-order valence-electron chi connectivity index (χ3n) is 4.42. The lowest BCUT2D eigenvalue weighted by atomic mass is 9.84. The van der Waals surface area contributed by atoms with Gasteiger partial charge in [-0.05, 0) is 24.6 Å². The highest BCUT2D eigenvalue weighted by molar-refractivity contribution is 7.09. The van der Waals surface area contributed by atoms with E-state index < -0.39 is 11.9 Å². The number of nitrogens with zero attached hydrogens (tertiary/aromatic N) is 2. The molecule has 0 aliphatic rings. The maximum atomic E-state index is 12.7. The zero-order valence-corrected chi connectivity index (χ0v) is 18.5. The molecule has 0 unspecified atom stereocenters. The van der Waals surface area contributed by atoms with E-state index in [0.29, 0.717) is 35.6 Å². The van der Waals surface area contributed by atoms with Crippen molar-refractivity contribution >= 4 is 17.3 Å². The molecule has 0 saturated heterocycles. The van der Waals surface area contributed by atoms with Gasteiger partial charge in [0.15, 0.2) is 23.2 Å². The monoisotopic (exact) mass is 444 g/mol. The first-order valence-electron chi connectivity index (χ1n) is 9.37. The fourth-order valence-electron chi connectivity index (χ4n) is 2.67. The lowest BCUT2D eigenvalue weighted by Crippen LogP contribution is -2.43. The highest BCUT2D eigenvalue weighted by atomic mass is 32.1. The Morgan fingerprint density at radius 3 is 2.40 bits per heavy atom. The second-order valence-corrected chi connectivity index (χ2v) is 8.07. The molecule has 0 atom stereocenters. The third-order valence-corrected chi connectivity index (χ3v) is 5.26.